The smallest absolute Gasteiger partial charge is 0.240 e. The van der Waals surface area contributed by atoms with Gasteiger partial charge < -0.3 is 15.3 Å². The summed E-state index contributed by atoms with van der Waals surface area (Å²) in [6.07, 6.45) is 9.83. The first-order chi connectivity index (χ1) is 9.72. The molecule has 0 aromatic carbocycles. The lowest BCUT2D eigenvalue weighted by Crippen LogP contribution is -2.53. The molecule has 1 amide bonds. The molecule has 4 rings (SSSR count). The van der Waals surface area contributed by atoms with Gasteiger partial charge in [0.2, 0.25) is 5.91 Å². The molecule has 0 radical (unpaired) electrons. The maximum atomic E-state index is 12.9. The van der Waals surface area contributed by atoms with E-state index in [1.54, 1.807) is 0 Å². The Kier molecular flexibility index (Phi) is 4.49. The highest BCUT2D eigenvalue weighted by Gasteiger charge is 2.47. The summed E-state index contributed by atoms with van der Waals surface area (Å²) in [4.78, 5) is 15.0. The van der Waals surface area contributed by atoms with Gasteiger partial charge in [-0.25, -0.2) is 0 Å². The second-order valence-electron chi connectivity index (χ2n) is 7.36. The van der Waals surface area contributed by atoms with Crippen LogP contribution in [0.4, 0.5) is 0 Å². The van der Waals surface area contributed by atoms with E-state index in [1.807, 2.05) is 0 Å². The van der Waals surface area contributed by atoms with Crippen LogP contribution >= 0.6 is 12.4 Å². The van der Waals surface area contributed by atoms with E-state index in [0.717, 1.165) is 38.0 Å². The number of carbonyl (C=O) groups excluding carboxylic acids is 1. The topological polar surface area (TPSA) is 52.6 Å². The van der Waals surface area contributed by atoms with Crippen LogP contribution in [-0.2, 0) is 4.79 Å². The SMILES string of the molecule is Cl.O=C(C1CC2CCCCC2N1)N1C2CCC1CC(O)C2. The minimum atomic E-state index is -0.185. The van der Waals surface area contributed by atoms with Crippen LogP contribution < -0.4 is 5.32 Å². The Morgan fingerprint density at radius 2 is 1.67 bits per heavy atom. The van der Waals surface area contributed by atoms with Crippen LogP contribution in [-0.4, -0.2) is 46.2 Å². The predicted molar refractivity (Wildman–Crippen MR) is 83.4 cm³/mol. The molecule has 2 N–H and O–H groups in total. The van der Waals surface area contributed by atoms with Crippen molar-refractivity contribution in [1.82, 2.24) is 10.2 Å². The van der Waals surface area contributed by atoms with Crippen molar-refractivity contribution >= 4 is 18.3 Å². The zero-order valence-electron chi connectivity index (χ0n) is 12.5. The van der Waals surface area contributed by atoms with Crippen LogP contribution in [0.1, 0.15) is 57.8 Å². The molecular weight excluding hydrogens is 288 g/mol. The van der Waals surface area contributed by atoms with Crippen molar-refractivity contribution in [2.75, 3.05) is 0 Å². The van der Waals surface area contributed by atoms with Gasteiger partial charge in [0.15, 0.2) is 0 Å². The number of fused-ring (bicyclic) bond motifs is 3. The molecule has 5 unspecified atom stereocenters. The standard InChI is InChI=1S/C16H26N2O2.ClH/c19-13-8-11-5-6-12(9-13)18(11)16(20)15-7-10-3-1-2-4-14(10)17-15;/h10-15,17,19H,1-9H2;1H. The van der Waals surface area contributed by atoms with Crippen molar-refractivity contribution in [3.8, 4) is 0 Å². The van der Waals surface area contributed by atoms with Gasteiger partial charge in [0, 0.05) is 18.1 Å². The first kappa shape index (κ1) is 15.6. The van der Waals surface area contributed by atoms with E-state index in [4.69, 9.17) is 0 Å². The summed E-state index contributed by atoms with van der Waals surface area (Å²) in [6, 6.07) is 1.26. The number of hydrogen-bond acceptors (Lipinski definition) is 3. The number of aliphatic hydroxyl groups is 1. The Balaban J connectivity index is 0.00000132. The molecule has 120 valence electrons. The quantitative estimate of drug-likeness (QED) is 0.776. The number of aliphatic hydroxyl groups excluding tert-OH is 1. The summed E-state index contributed by atoms with van der Waals surface area (Å²) in [5.74, 6) is 1.06. The third-order valence-corrected chi connectivity index (χ3v) is 6.12. The molecule has 0 aromatic heterocycles. The second-order valence-corrected chi connectivity index (χ2v) is 7.36. The average molecular weight is 315 g/mol. The first-order valence-corrected chi connectivity index (χ1v) is 8.48. The lowest BCUT2D eigenvalue weighted by atomic mass is 9.85. The van der Waals surface area contributed by atoms with E-state index < -0.39 is 0 Å². The van der Waals surface area contributed by atoms with Gasteiger partial charge in [-0.1, -0.05) is 12.8 Å². The molecule has 21 heavy (non-hydrogen) atoms. The number of rotatable bonds is 1. The molecule has 4 nitrogen and oxygen atoms in total. The molecule has 0 aromatic rings. The van der Waals surface area contributed by atoms with E-state index in [0.29, 0.717) is 24.0 Å². The summed E-state index contributed by atoms with van der Waals surface area (Å²) >= 11 is 0. The van der Waals surface area contributed by atoms with Gasteiger partial charge in [0.25, 0.3) is 0 Å². The van der Waals surface area contributed by atoms with Crippen LogP contribution in [0.15, 0.2) is 0 Å². The van der Waals surface area contributed by atoms with Crippen molar-refractivity contribution < 1.29 is 9.90 Å². The number of carbonyl (C=O) groups is 1. The van der Waals surface area contributed by atoms with E-state index in [1.165, 1.54) is 25.7 Å². The molecular formula is C16H27ClN2O2. The molecule has 1 saturated carbocycles. The Labute approximate surface area is 133 Å². The largest absolute Gasteiger partial charge is 0.393 e. The van der Waals surface area contributed by atoms with Crippen LogP contribution in [0.2, 0.25) is 0 Å². The zero-order valence-corrected chi connectivity index (χ0v) is 13.4. The van der Waals surface area contributed by atoms with Crippen molar-refractivity contribution in [1.29, 1.82) is 0 Å². The summed E-state index contributed by atoms with van der Waals surface area (Å²) in [6.45, 7) is 0. The lowest BCUT2D eigenvalue weighted by molar-refractivity contribution is -0.139. The molecule has 3 heterocycles. The van der Waals surface area contributed by atoms with Gasteiger partial charge in [-0.3, -0.25) is 4.79 Å². The molecule has 2 bridgehead atoms. The number of piperidine rings is 1. The fourth-order valence-electron chi connectivity index (χ4n) is 5.20. The molecule has 4 aliphatic rings. The van der Waals surface area contributed by atoms with Crippen molar-refractivity contribution in [2.45, 2.75) is 88.1 Å². The fourth-order valence-corrected chi connectivity index (χ4v) is 5.20. The van der Waals surface area contributed by atoms with Gasteiger partial charge in [-0.2, -0.15) is 0 Å². The molecule has 3 aliphatic heterocycles. The monoisotopic (exact) mass is 314 g/mol. The van der Waals surface area contributed by atoms with E-state index in [-0.39, 0.29) is 24.6 Å². The van der Waals surface area contributed by atoms with E-state index >= 15 is 0 Å². The highest BCUT2D eigenvalue weighted by Crippen LogP contribution is 2.39. The fraction of sp³-hybridized carbons (Fsp3) is 0.938. The predicted octanol–water partition coefficient (Wildman–Crippen LogP) is 1.84. The average Bonchev–Trinajstić information content (AvgIpc) is 2.98. The molecule has 3 saturated heterocycles. The maximum absolute atomic E-state index is 12.9. The normalized spacial score (nSPS) is 45.1. The van der Waals surface area contributed by atoms with Crippen molar-refractivity contribution in [2.24, 2.45) is 5.92 Å². The van der Waals surface area contributed by atoms with Gasteiger partial charge in [0.1, 0.15) is 0 Å². The number of nitrogens with zero attached hydrogens (tertiary/aromatic N) is 1. The van der Waals surface area contributed by atoms with Gasteiger partial charge in [0.05, 0.1) is 12.1 Å². The van der Waals surface area contributed by atoms with E-state index in [9.17, 15) is 9.90 Å². The molecule has 0 spiro atoms. The summed E-state index contributed by atoms with van der Waals surface area (Å²) in [5.41, 5.74) is 0. The number of amides is 1. The van der Waals surface area contributed by atoms with Crippen molar-refractivity contribution in [3.05, 3.63) is 0 Å². The molecule has 4 fully saturated rings. The minimum Gasteiger partial charge on any atom is -0.393 e. The highest BCUT2D eigenvalue weighted by atomic mass is 35.5. The minimum absolute atomic E-state index is 0. The Morgan fingerprint density at radius 3 is 2.33 bits per heavy atom. The molecule has 5 atom stereocenters. The Hall–Kier alpha value is -0.320. The zero-order chi connectivity index (χ0) is 13.7. The Bertz CT molecular complexity index is 378. The highest BCUT2D eigenvalue weighted by molar-refractivity contribution is 5.85. The third kappa shape index (κ3) is 2.71. The van der Waals surface area contributed by atoms with Crippen LogP contribution in [0.3, 0.4) is 0 Å². The van der Waals surface area contributed by atoms with Crippen LogP contribution in [0.25, 0.3) is 0 Å². The number of hydrogen-bond donors (Lipinski definition) is 2. The van der Waals surface area contributed by atoms with E-state index in [2.05, 4.69) is 10.2 Å². The van der Waals surface area contributed by atoms with Crippen molar-refractivity contribution in [3.63, 3.8) is 0 Å². The molecule has 1 aliphatic carbocycles. The Morgan fingerprint density at radius 1 is 1.00 bits per heavy atom. The van der Waals surface area contributed by atoms with Crippen LogP contribution in [0, 0.1) is 5.92 Å². The summed E-state index contributed by atoms with van der Waals surface area (Å²) < 4.78 is 0. The van der Waals surface area contributed by atoms with Gasteiger partial charge >= 0.3 is 0 Å². The van der Waals surface area contributed by atoms with Gasteiger partial charge in [-0.05, 0) is 50.9 Å². The molecule has 5 heteroatoms. The third-order valence-electron chi connectivity index (χ3n) is 6.12. The lowest BCUT2D eigenvalue weighted by Gasteiger charge is -2.38. The first-order valence-electron chi connectivity index (χ1n) is 8.48. The number of halogens is 1. The van der Waals surface area contributed by atoms with Gasteiger partial charge in [-0.15, -0.1) is 12.4 Å². The van der Waals surface area contributed by atoms with Crippen LogP contribution in [0.5, 0.6) is 0 Å². The maximum Gasteiger partial charge on any atom is 0.240 e. The summed E-state index contributed by atoms with van der Waals surface area (Å²) in [7, 11) is 0. The second kappa shape index (κ2) is 6.05. The summed E-state index contributed by atoms with van der Waals surface area (Å²) in [5, 5.41) is 13.5. The number of nitrogens with one attached hydrogen (secondary N) is 1.